The van der Waals surface area contributed by atoms with Gasteiger partial charge in [-0.1, -0.05) is 32.4 Å². The molecule has 7 heteroatoms. The van der Waals surface area contributed by atoms with Crippen LogP contribution in [0.1, 0.15) is 39.8 Å². The van der Waals surface area contributed by atoms with E-state index in [-0.39, 0.29) is 11.1 Å². The molecule has 2 heterocycles. The highest BCUT2D eigenvalue weighted by atomic mass is 35.5. The normalized spacial score (nSPS) is 22.5. The minimum Gasteiger partial charge on any atom is -0.491 e. The van der Waals surface area contributed by atoms with Crippen LogP contribution in [-0.2, 0) is 19.5 Å². The van der Waals surface area contributed by atoms with Crippen LogP contribution in [0.5, 0.6) is 5.75 Å². The average molecular weight is 402 g/mol. The number of aromatic nitrogens is 1. The molecule has 0 radical (unpaired) electrons. The number of pyridine rings is 1. The minimum absolute atomic E-state index is 0.00233. The van der Waals surface area contributed by atoms with E-state index in [0.717, 1.165) is 12.1 Å². The van der Waals surface area contributed by atoms with Gasteiger partial charge in [-0.15, -0.1) is 0 Å². The zero-order valence-corrected chi connectivity index (χ0v) is 18.8. The van der Waals surface area contributed by atoms with Gasteiger partial charge in [0.25, 0.3) is 0 Å². The molecule has 0 bridgehead atoms. The van der Waals surface area contributed by atoms with Gasteiger partial charge in [-0.2, -0.15) is 0 Å². The topological polar surface area (TPSA) is 49.8 Å². The Hall–Kier alpha value is -0.663. The first kappa shape index (κ1) is 21.6. The number of hydrogen-bond acceptors (Lipinski definition) is 5. The molecule has 1 unspecified atom stereocenters. The Morgan fingerprint density at radius 3 is 2.58 bits per heavy atom. The Labute approximate surface area is 163 Å². The lowest BCUT2D eigenvalue weighted by Crippen LogP contribution is -2.44. The van der Waals surface area contributed by atoms with E-state index >= 15 is 0 Å². The third kappa shape index (κ3) is 4.98. The number of rotatable bonds is 7. The number of methoxy groups -OCH3 is 1. The SMILES string of the molecule is CO[C@@]1(c2cc(OCC(C)O[Si](C)(C)C(C)(C)C)cc(Cl)n2)CCOC1. The average Bonchev–Trinajstić information content (AvgIpc) is 3.01. The number of halogens is 1. The minimum atomic E-state index is -1.82. The lowest BCUT2D eigenvalue weighted by molar-refractivity contribution is -0.0247. The number of nitrogens with zero attached hydrogens (tertiary/aromatic N) is 1. The molecule has 0 saturated carbocycles. The van der Waals surface area contributed by atoms with Gasteiger partial charge in [-0.25, -0.2) is 4.98 Å². The highest BCUT2D eigenvalue weighted by molar-refractivity contribution is 6.74. The second-order valence-corrected chi connectivity index (χ2v) is 13.7. The summed E-state index contributed by atoms with van der Waals surface area (Å²) in [5, 5.41) is 0.556. The molecular formula is C19H32ClNO4Si. The van der Waals surface area contributed by atoms with Gasteiger partial charge in [0.2, 0.25) is 0 Å². The predicted molar refractivity (Wildman–Crippen MR) is 107 cm³/mol. The standard InChI is InChI=1S/C19H32ClNO4Si/c1-14(25-26(6,7)18(2,3)4)12-24-15-10-16(21-17(20)11-15)19(22-5)8-9-23-13-19/h10-11,14H,8-9,12-13H2,1-7H3/t14?,19-/m0/s1. The van der Waals surface area contributed by atoms with Crippen LogP contribution in [0.2, 0.25) is 23.3 Å². The predicted octanol–water partition coefficient (Wildman–Crippen LogP) is 4.79. The fourth-order valence-electron chi connectivity index (χ4n) is 2.73. The molecule has 0 aromatic carbocycles. The van der Waals surface area contributed by atoms with Crippen molar-refractivity contribution in [1.29, 1.82) is 0 Å². The van der Waals surface area contributed by atoms with Crippen molar-refractivity contribution >= 4 is 19.9 Å². The molecule has 1 aliphatic heterocycles. The van der Waals surface area contributed by atoms with Crippen molar-refractivity contribution in [2.24, 2.45) is 0 Å². The van der Waals surface area contributed by atoms with Crippen LogP contribution in [0, 0.1) is 0 Å². The van der Waals surface area contributed by atoms with Gasteiger partial charge in [0, 0.05) is 32.3 Å². The maximum atomic E-state index is 6.35. The number of ether oxygens (including phenoxy) is 3. The first-order valence-corrected chi connectivity index (χ1v) is 12.4. The van der Waals surface area contributed by atoms with Gasteiger partial charge in [0.15, 0.2) is 8.32 Å². The summed E-state index contributed by atoms with van der Waals surface area (Å²) in [5.74, 6) is 0.675. The van der Waals surface area contributed by atoms with Gasteiger partial charge >= 0.3 is 0 Å². The first-order chi connectivity index (χ1) is 12.0. The Morgan fingerprint density at radius 2 is 2.04 bits per heavy atom. The van der Waals surface area contributed by atoms with Crippen molar-refractivity contribution < 1.29 is 18.6 Å². The Bertz CT molecular complexity index is 612. The van der Waals surface area contributed by atoms with E-state index < -0.39 is 13.9 Å². The van der Waals surface area contributed by atoms with E-state index in [4.69, 9.17) is 30.2 Å². The summed E-state index contributed by atoms with van der Waals surface area (Å²) < 4.78 is 23.5. The maximum absolute atomic E-state index is 6.35. The van der Waals surface area contributed by atoms with Crippen LogP contribution in [0.15, 0.2) is 12.1 Å². The molecule has 2 rings (SSSR count). The van der Waals surface area contributed by atoms with Crippen LogP contribution in [0.25, 0.3) is 0 Å². The second kappa shape index (κ2) is 8.15. The van der Waals surface area contributed by atoms with Crippen molar-refractivity contribution in [3.63, 3.8) is 0 Å². The molecule has 2 atom stereocenters. The summed E-state index contributed by atoms with van der Waals surface area (Å²) in [6, 6.07) is 3.62. The zero-order valence-electron chi connectivity index (χ0n) is 17.0. The zero-order chi connectivity index (χ0) is 19.6. The second-order valence-electron chi connectivity index (χ2n) is 8.51. The molecular weight excluding hydrogens is 370 g/mol. The molecule has 1 aromatic rings. The molecule has 5 nitrogen and oxygen atoms in total. The molecule has 0 aliphatic carbocycles. The van der Waals surface area contributed by atoms with Crippen molar-refractivity contribution in [2.75, 3.05) is 26.9 Å². The molecule has 0 amide bonds. The smallest absolute Gasteiger partial charge is 0.192 e. The Balaban J connectivity index is 2.06. The highest BCUT2D eigenvalue weighted by Gasteiger charge is 2.40. The van der Waals surface area contributed by atoms with E-state index in [1.54, 1.807) is 13.2 Å². The first-order valence-electron chi connectivity index (χ1n) is 9.11. The Kier molecular flexibility index (Phi) is 6.78. The summed E-state index contributed by atoms with van der Waals surface area (Å²) in [7, 11) is -0.148. The van der Waals surface area contributed by atoms with E-state index in [1.807, 2.05) is 13.0 Å². The molecule has 0 N–H and O–H groups in total. The van der Waals surface area contributed by atoms with Gasteiger partial charge in [0.1, 0.15) is 23.1 Å². The van der Waals surface area contributed by atoms with Crippen molar-refractivity contribution in [3.05, 3.63) is 23.0 Å². The van der Waals surface area contributed by atoms with Gasteiger partial charge in [0.05, 0.1) is 18.4 Å². The summed E-state index contributed by atoms with van der Waals surface area (Å²) in [6.45, 7) is 14.8. The van der Waals surface area contributed by atoms with Crippen LogP contribution < -0.4 is 4.74 Å². The molecule has 1 aliphatic rings. The molecule has 26 heavy (non-hydrogen) atoms. The summed E-state index contributed by atoms with van der Waals surface area (Å²) in [6.07, 6.45) is 0.749. The van der Waals surface area contributed by atoms with Crippen molar-refractivity contribution in [2.45, 2.75) is 64.0 Å². The monoisotopic (exact) mass is 401 g/mol. The summed E-state index contributed by atoms with van der Waals surface area (Å²) >= 11 is 6.22. The molecule has 0 spiro atoms. The fraction of sp³-hybridized carbons (Fsp3) is 0.737. The van der Waals surface area contributed by atoms with Gasteiger partial charge in [-0.05, 0) is 25.1 Å². The van der Waals surface area contributed by atoms with Gasteiger partial charge < -0.3 is 18.6 Å². The van der Waals surface area contributed by atoms with E-state index in [1.165, 1.54) is 0 Å². The fourth-order valence-corrected chi connectivity index (χ4v) is 4.36. The molecule has 148 valence electrons. The number of hydrogen-bond donors (Lipinski definition) is 0. The Morgan fingerprint density at radius 1 is 1.35 bits per heavy atom. The van der Waals surface area contributed by atoms with E-state index in [0.29, 0.717) is 30.7 Å². The highest BCUT2D eigenvalue weighted by Crippen LogP contribution is 2.38. The quantitative estimate of drug-likeness (QED) is 0.485. The third-order valence-electron chi connectivity index (χ3n) is 5.40. The summed E-state index contributed by atoms with van der Waals surface area (Å²) in [4.78, 5) is 4.43. The van der Waals surface area contributed by atoms with E-state index in [9.17, 15) is 0 Å². The van der Waals surface area contributed by atoms with E-state index in [2.05, 4.69) is 38.8 Å². The van der Waals surface area contributed by atoms with Crippen LogP contribution in [-0.4, -0.2) is 46.3 Å². The van der Waals surface area contributed by atoms with Crippen LogP contribution >= 0.6 is 11.6 Å². The van der Waals surface area contributed by atoms with Gasteiger partial charge in [-0.3, -0.25) is 0 Å². The molecule has 1 saturated heterocycles. The third-order valence-corrected chi connectivity index (χ3v) is 10.2. The van der Waals surface area contributed by atoms with Crippen molar-refractivity contribution in [3.8, 4) is 5.75 Å². The molecule has 1 fully saturated rings. The maximum Gasteiger partial charge on any atom is 0.192 e. The largest absolute Gasteiger partial charge is 0.491 e. The lowest BCUT2D eigenvalue weighted by atomic mass is 9.98. The lowest BCUT2D eigenvalue weighted by Gasteiger charge is -2.38. The molecule has 1 aromatic heterocycles. The van der Waals surface area contributed by atoms with Crippen LogP contribution in [0.4, 0.5) is 0 Å². The summed E-state index contributed by atoms with van der Waals surface area (Å²) in [5.41, 5.74) is 0.199. The van der Waals surface area contributed by atoms with Crippen molar-refractivity contribution in [1.82, 2.24) is 4.98 Å². The van der Waals surface area contributed by atoms with Crippen LogP contribution in [0.3, 0.4) is 0 Å².